The van der Waals surface area contributed by atoms with Crippen LogP contribution in [0.25, 0.3) is 0 Å². The van der Waals surface area contributed by atoms with Gasteiger partial charge in [0.05, 0.1) is 0 Å². The van der Waals surface area contributed by atoms with Crippen LogP contribution < -0.4 is 5.32 Å². The molecule has 4 unspecified atom stereocenters. The van der Waals surface area contributed by atoms with E-state index in [9.17, 15) is 14.7 Å². The Kier molecular flexibility index (Phi) is 2.98. The number of hydrogen-bond acceptors (Lipinski definition) is 2. The van der Waals surface area contributed by atoms with Crippen LogP contribution in [0.1, 0.15) is 26.7 Å². The molecule has 3 aliphatic rings. The van der Waals surface area contributed by atoms with Crippen LogP contribution in [0.5, 0.6) is 0 Å². The quantitative estimate of drug-likeness (QED) is 0.602. The van der Waals surface area contributed by atoms with E-state index in [1.54, 1.807) is 0 Å². The predicted octanol–water partition coefficient (Wildman–Crippen LogP) is 1.94. The van der Waals surface area contributed by atoms with Crippen molar-refractivity contribution >= 4 is 11.9 Å². The van der Waals surface area contributed by atoms with Gasteiger partial charge in [-0.3, -0.25) is 4.79 Å². The summed E-state index contributed by atoms with van der Waals surface area (Å²) in [6.07, 6.45) is 11.1. The molecule has 0 radical (unpaired) electrons. The fourth-order valence-electron chi connectivity index (χ4n) is 3.81. The van der Waals surface area contributed by atoms with E-state index in [0.717, 1.165) is 18.5 Å². The molecule has 1 amide bonds. The minimum absolute atomic E-state index is 0.190. The predicted molar refractivity (Wildman–Crippen MR) is 77.8 cm³/mol. The van der Waals surface area contributed by atoms with Crippen LogP contribution in [0, 0.1) is 41.4 Å². The Morgan fingerprint density at radius 3 is 2.67 bits per heavy atom. The first-order chi connectivity index (χ1) is 9.82. The molecule has 21 heavy (non-hydrogen) atoms. The molecule has 0 spiro atoms. The monoisotopic (exact) mass is 285 g/mol. The van der Waals surface area contributed by atoms with Crippen molar-refractivity contribution in [2.45, 2.75) is 26.7 Å². The largest absolute Gasteiger partial charge is 0.478 e. The Morgan fingerprint density at radius 2 is 2.10 bits per heavy atom. The highest BCUT2D eigenvalue weighted by Gasteiger charge is 2.55. The second kappa shape index (κ2) is 4.49. The maximum atomic E-state index is 12.1. The molecule has 2 aliphatic carbocycles. The number of aliphatic carboxylic acids is 1. The van der Waals surface area contributed by atoms with Gasteiger partial charge in [-0.2, -0.15) is 0 Å². The summed E-state index contributed by atoms with van der Waals surface area (Å²) in [4.78, 5) is 23.4. The molecule has 110 valence electrons. The van der Waals surface area contributed by atoms with Crippen molar-refractivity contribution in [2.24, 2.45) is 29.1 Å². The zero-order chi connectivity index (χ0) is 15.4. The number of carboxylic acid groups (broad SMARTS) is 1. The lowest BCUT2D eigenvalue weighted by Crippen LogP contribution is -2.30. The second-order valence-corrected chi connectivity index (χ2v) is 6.92. The molecule has 4 atom stereocenters. The fourth-order valence-corrected chi connectivity index (χ4v) is 3.81. The first kappa shape index (κ1) is 13.9. The topological polar surface area (TPSA) is 66.4 Å². The molecular formula is C17H19NO3. The molecule has 0 bridgehead atoms. The molecule has 2 N–H and O–H groups in total. The minimum atomic E-state index is -1.19. The molecule has 1 aliphatic heterocycles. The van der Waals surface area contributed by atoms with Gasteiger partial charge in [-0.25, -0.2) is 4.79 Å². The number of nitrogens with one attached hydrogen (secondary N) is 1. The smallest absolute Gasteiger partial charge is 0.341 e. The van der Waals surface area contributed by atoms with Gasteiger partial charge in [-0.15, -0.1) is 12.3 Å². The second-order valence-electron chi connectivity index (χ2n) is 6.92. The van der Waals surface area contributed by atoms with Crippen LogP contribution in [0.4, 0.5) is 0 Å². The third kappa shape index (κ3) is 2.37. The van der Waals surface area contributed by atoms with Crippen molar-refractivity contribution < 1.29 is 14.7 Å². The van der Waals surface area contributed by atoms with Gasteiger partial charge in [0.2, 0.25) is 0 Å². The average Bonchev–Trinajstić information content (AvgIpc) is 3.10. The molecule has 0 saturated heterocycles. The number of carbonyl (C=O) groups excluding carboxylic acids is 1. The van der Waals surface area contributed by atoms with E-state index in [-0.39, 0.29) is 17.4 Å². The Labute approximate surface area is 124 Å². The van der Waals surface area contributed by atoms with Crippen LogP contribution in [0.3, 0.4) is 0 Å². The Bertz CT molecular complexity index is 620. The van der Waals surface area contributed by atoms with Gasteiger partial charge in [0, 0.05) is 22.9 Å². The van der Waals surface area contributed by atoms with Crippen molar-refractivity contribution in [3.63, 3.8) is 0 Å². The molecule has 2 saturated carbocycles. The van der Waals surface area contributed by atoms with Crippen LogP contribution in [0.15, 0.2) is 23.4 Å². The van der Waals surface area contributed by atoms with Crippen LogP contribution >= 0.6 is 0 Å². The highest BCUT2D eigenvalue weighted by atomic mass is 16.4. The summed E-state index contributed by atoms with van der Waals surface area (Å²) in [6, 6.07) is 0. The lowest BCUT2D eigenvalue weighted by atomic mass is 9.87. The zero-order valence-corrected chi connectivity index (χ0v) is 12.2. The summed E-state index contributed by atoms with van der Waals surface area (Å²) in [5.74, 6) is 2.80. The number of fused-ring (bicyclic) bond motifs is 1. The summed E-state index contributed by atoms with van der Waals surface area (Å²) in [7, 11) is 0. The first-order valence-corrected chi connectivity index (χ1v) is 7.29. The Morgan fingerprint density at radius 1 is 1.38 bits per heavy atom. The first-order valence-electron chi connectivity index (χ1n) is 7.29. The summed E-state index contributed by atoms with van der Waals surface area (Å²) in [5.41, 5.74) is 0.189. The lowest BCUT2D eigenvalue weighted by Gasteiger charge is -2.21. The van der Waals surface area contributed by atoms with Crippen molar-refractivity contribution in [2.75, 3.05) is 0 Å². The third-order valence-corrected chi connectivity index (χ3v) is 4.82. The van der Waals surface area contributed by atoms with Crippen LogP contribution in [0.2, 0.25) is 0 Å². The third-order valence-electron chi connectivity index (χ3n) is 4.82. The number of amides is 1. The van der Waals surface area contributed by atoms with Gasteiger partial charge in [-0.05, 0) is 24.7 Å². The molecule has 0 aromatic rings. The van der Waals surface area contributed by atoms with E-state index in [0.29, 0.717) is 11.8 Å². The van der Waals surface area contributed by atoms with Crippen molar-refractivity contribution in [3.8, 4) is 12.3 Å². The van der Waals surface area contributed by atoms with E-state index >= 15 is 0 Å². The number of rotatable bonds is 2. The molecule has 1 heterocycles. The van der Waals surface area contributed by atoms with Gasteiger partial charge in [-0.1, -0.05) is 26.0 Å². The number of hydrogen-bond donors (Lipinski definition) is 2. The zero-order valence-electron chi connectivity index (χ0n) is 12.2. The highest BCUT2D eigenvalue weighted by Crippen LogP contribution is 2.60. The molecule has 0 aromatic heterocycles. The van der Waals surface area contributed by atoms with Gasteiger partial charge < -0.3 is 10.4 Å². The SMILES string of the molecule is C#CC1CC(C2=CC(C)(C)C=C(C(=O)O)C(=O)N2)C2CC12. The van der Waals surface area contributed by atoms with Crippen molar-refractivity contribution in [1.82, 2.24) is 5.32 Å². The van der Waals surface area contributed by atoms with Crippen molar-refractivity contribution in [1.29, 1.82) is 0 Å². The minimum Gasteiger partial charge on any atom is -0.478 e. The standard InChI is InChI=1S/C17H19NO3/c1-4-9-5-12(11-6-10(9)11)14-8-17(2,3)7-13(16(20)21)15(19)18-14/h1,7-12H,5-6H2,2-3H3,(H,18,19)(H,20,21). The van der Waals surface area contributed by atoms with Gasteiger partial charge in [0.15, 0.2) is 0 Å². The Balaban J connectivity index is 1.90. The molecule has 3 rings (SSSR count). The molecule has 0 aromatic carbocycles. The van der Waals surface area contributed by atoms with E-state index < -0.39 is 17.3 Å². The number of carboxylic acids is 1. The maximum Gasteiger partial charge on any atom is 0.341 e. The summed E-state index contributed by atoms with van der Waals surface area (Å²) >= 11 is 0. The highest BCUT2D eigenvalue weighted by molar-refractivity contribution is 6.16. The van der Waals surface area contributed by atoms with Crippen molar-refractivity contribution in [3.05, 3.63) is 23.4 Å². The maximum absolute atomic E-state index is 12.1. The summed E-state index contributed by atoms with van der Waals surface area (Å²) < 4.78 is 0. The number of terminal acetylenes is 1. The van der Waals surface area contributed by atoms with E-state index in [1.165, 1.54) is 6.08 Å². The molecular weight excluding hydrogens is 266 g/mol. The lowest BCUT2D eigenvalue weighted by molar-refractivity contribution is -0.134. The summed E-state index contributed by atoms with van der Waals surface area (Å²) in [6.45, 7) is 3.82. The fraction of sp³-hybridized carbons (Fsp3) is 0.529. The average molecular weight is 285 g/mol. The van der Waals surface area contributed by atoms with E-state index in [2.05, 4.69) is 11.2 Å². The van der Waals surface area contributed by atoms with E-state index in [4.69, 9.17) is 6.42 Å². The number of allylic oxidation sites excluding steroid dienone is 3. The molecule has 4 heteroatoms. The van der Waals surface area contributed by atoms with Gasteiger partial charge >= 0.3 is 5.97 Å². The molecule has 2 fully saturated rings. The summed E-state index contributed by atoms with van der Waals surface area (Å²) in [5, 5.41) is 12.0. The number of carbonyl (C=O) groups is 2. The molecule has 4 nitrogen and oxygen atoms in total. The van der Waals surface area contributed by atoms with Gasteiger partial charge in [0.25, 0.3) is 5.91 Å². The van der Waals surface area contributed by atoms with Crippen LogP contribution in [-0.4, -0.2) is 17.0 Å². The van der Waals surface area contributed by atoms with Crippen LogP contribution in [-0.2, 0) is 9.59 Å². The normalized spacial score (nSPS) is 36.5. The van der Waals surface area contributed by atoms with E-state index in [1.807, 2.05) is 19.9 Å². The van der Waals surface area contributed by atoms with Gasteiger partial charge in [0.1, 0.15) is 5.57 Å². The Hall–Kier alpha value is -2.02.